The Hall–Kier alpha value is -1.06. The molecule has 74 valence electrons. The van der Waals surface area contributed by atoms with E-state index in [0.717, 1.165) is 25.7 Å². The lowest BCUT2D eigenvalue weighted by Gasteiger charge is -2.33. The van der Waals surface area contributed by atoms with Gasteiger partial charge in [-0.25, -0.2) is 4.79 Å². The maximum absolute atomic E-state index is 11.2. The molecule has 1 fully saturated rings. The van der Waals surface area contributed by atoms with Crippen molar-refractivity contribution in [2.24, 2.45) is 0 Å². The molecule has 0 aromatic rings. The summed E-state index contributed by atoms with van der Waals surface area (Å²) in [5, 5.41) is 8.56. The van der Waals surface area contributed by atoms with Crippen LogP contribution in [0.2, 0.25) is 0 Å². The number of nitrogens with zero attached hydrogens (tertiary/aromatic N) is 1. The van der Waals surface area contributed by atoms with Gasteiger partial charge in [-0.05, 0) is 25.7 Å². The van der Waals surface area contributed by atoms with Gasteiger partial charge in [0.2, 0.25) is 0 Å². The molecule has 0 saturated carbocycles. The van der Waals surface area contributed by atoms with Crippen LogP contribution in [0.1, 0.15) is 32.6 Å². The van der Waals surface area contributed by atoms with E-state index in [2.05, 4.69) is 0 Å². The molecule has 1 heterocycles. The highest BCUT2D eigenvalue weighted by Crippen LogP contribution is 2.19. The summed E-state index contributed by atoms with van der Waals surface area (Å²) in [6.07, 6.45) is 3.81. The zero-order chi connectivity index (χ0) is 9.84. The Labute approximate surface area is 77.5 Å². The number of carboxylic acids is 1. The molecule has 0 aromatic heterocycles. The molecule has 0 bridgehead atoms. The van der Waals surface area contributed by atoms with Crippen LogP contribution >= 0.6 is 0 Å². The Morgan fingerprint density at radius 2 is 2.15 bits per heavy atom. The SMILES string of the molecule is CCC1CCCCN1C(=O)C(=O)O. The van der Waals surface area contributed by atoms with Crippen molar-refractivity contribution in [2.75, 3.05) is 6.54 Å². The van der Waals surface area contributed by atoms with E-state index in [-0.39, 0.29) is 6.04 Å². The zero-order valence-electron chi connectivity index (χ0n) is 7.82. The number of carboxylic acid groups (broad SMARTS) is 1. The molecule has 4 nitrogen and oxygen atoms in total. The molecule has 1 aliphatic heterocycles. The molecule has 0 radical (unpaired) electrons. The first-order chi connectivity index (χ1) is 6.16. The van der Waals surface area contributed by atoms with Crippen molar-refractivity contribution < 1.29 is 14.7 Å². The van der Waals surface area contributed by atoms with Crippen molar-refractivity contribution >= 4 is 11.9 Å². The van der Waals surface area contributed by atoms with Crippen molar-refractivity contribution in [1.29, 1.82) is 0 Å². The molecule has 1 amide bonds. The summed E-state index contributed by atoms with van der Waals surface area (Å²) in [6, 6.07) is 0.136. The van der Waals surface area contributed by atoms with Gasteiger partial charge in [-0.3, -0.25) is 4.79 Å². The van der Waals surface area contributed by atoms with Gasteiger partial charge in [-0.2, -0.15) is 0 Å². The van der Waals surface area contributed by atoms with Crippen LogP contribution in [-0.4, -0.2) is 34.5 Å². The van der Waals surface area contributed by atoms with Crippen molar-refractivity contribution in [2.45, 2.75) is 38.6 Å². The third kappa shape index (κ3) is 2.20. The van der Waals surface area contributed by atoms with Crippen molar-refractivity contribution in [3.8, 4) is 0 Å². The smallest absolute Gasteiger partial charge is 0.394 e. The lowest BCUT2D eigenvalue weighted by molar-refractivity contribution is -0.158. The fourth-order valence-corrected chi connectivity index (χ4v) is 1.82. The van der Waals surface area contributed by atoms with Crippen LogP contribution in [0.4, 0.5) is 0 Å². The van der Waals surface area contributed by atoms with Crippen LogP contribution in [-0.2, 0) is 9.59 Å². The zero-order valence-corrected chi connectivity index (χ0v) is 7.82. The second kappa shape index (κ2) is 4.25. The molecule has 4 heteroatoms. The largest absolute Gasteiger partial charge is 0.474 e. The number of hydrogen-bond acceptors (Lipinski definition) is 2. The van der Waals surface area contributed by atoms with Gasteiger partial charge in [0.1, 0.15) is 0 Å². The molecule has 1 N–H and O–H groups in total. The van der Waals surface area contributed by atoms with Crippen LogP contribution in [0.3, 0.4) is 0 Å². The predicted molar refractivity (Wildman–Crippen MR) is 47.3 cm³/mol. The fraction of sp³-hybridized carbons (Fsp3) is 0.778. The highest BCUT2D eigenvalue weighted by molar-refractivity contribution is 6.31. The van der Waals surface area contributed by atoms with Gasteiger partial charge in [0.15, 0.2) is 0 Å². The molecular formula is C9H15NO3. The molecular weight excluding hydrogens is 170 g/mol. The van der Waals surface area contributed by atoms with Crippen molar-refractivity contribution in [1.82, 2.24) is 4.90 Å². The number of aliphatic carboxylic acids is 1. The van der Waals surface area contributed by atoms with E-state index >= 15 is 0 Å². The Morgan fingerprint density at radius 3 is 2.69 bits per heavy atom. The maximum atomic E-state index is 11.2. The monoisotopic (exact) mass is 185 g/mol. The van der Waals surface area contributed by atoms with E-state index < -0.39 is 11.9 Å². The van der Waals surface area contributed by atoms with Gasteiger partial charge >= 0.3 is 11.9 Å². The molecule has 13 heavy (non-hydrogen) atoms. The van der Waals surface area contributed by atoms with E-state index in [1.807, 2.05) is 6.92 Å². The standard InChI is InChI=1S/C9H15NO3/c1-2-7-5-3-4-6-10(7)8(11)9(12)13/h7H,2-6H2,1H3,(H,12,13). The first-order valence-corrected chi connectivity index (χ1v) is 4.70. The van der Waals surface area contributed by atoms with Gasteiger partial charge < -0.3 is 10.0 Å². The normalized spacial score (nSPS) is 22.8. The minimum Gasteiger partial charge on any atom is -0.474 e. The Kier molecular flexibility index (Phi) is 3.28. The first-order valence-electron chi connectivity index (χ1n) is 4.70. The van der Waals surface area contributed by atoms with E-state index in [9.17, 15) is 9.59 Å². The third-order valence-corrected chi connectivity index (χ3v) is 2.54. The second-order valence-electron chi connectivity index (χ2n) is 3.36. The minimum atomic E-state index is -1.33. The molecule has 1 aliphatic rings. The summed E-state index contributed by atoms with van der Waals surface area (Å²) in [5.74, 6) is -2.08. The van der Waals surface area contributed by atoms with Gasteiger partial charge in [-0.15, -0.1) is 0 Å². The molecule has 0 aromatic carbocycles. The first kappa shape index (κ1) is 10.0. The summed E-state index contributed by atoms with van der Waals surface area (Å²) in [4.78, 5) is 23.2. The summed E-state index contributed by atoms with van der Waals surface area (Å²) >= 11 is 0. The van der Waals surface area contributed by atoms with E-state index in [1.54, 1.807) is 0 Å². The predicted octanol–water partition coefficient (Wildman–Crippen LogP) is 0.862. The number of piperidine rings is 1. The molecule has 0 spiro atoms. The third-order valence-electron chi connectivity index (χ3n) is 2.54. The second-order valence-corrected chi connectivity index (χ2v) is 3.36. The Bertz CT molecular complexity index is 215. The topological polar surface area (TPSA) is 57.6 Å². The molecule has 0 aliphatic carbocycles. The Balaban J connectivity index is 2.64. The van der Waals surface area contributed by atoms with E-state index in [4.69, 9.17) is 5.11 Å². The van der Waals surface area contributed by atoms with Crippen molar-refractivity contribution in [3.05, 3.63) is 0 Å². The number of amides is 1. The molecule has 1 unspecified atom stereocenters. The van der Waals surface area contributed by atoms with Gasteiger partial charge in [-0.1, -0.05) is 6.92 Å². The van der Waals surface area contributed by atoms with Crippen molar-refractivity contribution in [3.63, 3.8) is 0 Å². The number of rotatable bonds is 1. The van der Waals surface area contributed by atoms with E-state index in [0.29, 0.717) is 6.54 Å². The molecule has 1 saturated heterocycles. The van der Waals surface area contributed by atoms with Crippen LogP contribution in [0, 0.1) is 0 Å². The average molecular weight is 185 g/mol. The molecule has 1 rings (SSSR count). The average Bonchev–Trinajstić information content (AvgIpc) is 2.16. The van der Waals surface area contributed by atoms with Gasteiger partial charge in [0, 0.05) is 12.6 Å². The summed E-state index contributed by atoms with van der Waals surface area (Å²) in [6.45, 7) is 2.59. The van der Waals surface area contributed by atoms with Crippen LogP contribution in [0.5, 0.6) is 0 Å². The minimum absolute atomic E-state index is 0.136. The number of likely N-dealkylation sites (tertiary alicyclic amines) is 1. The highest BCUT2D eigenvalue weighted by Gasteiger charge is 2.28. The summed E-state index contributed by atoms with van der Waals surface area (Å²) < 4.78 is 0. The molecule has 1 atom stereocenters. The number of carbonyl (C=O) groups is 2. The lowest BCUT2D eigenvalue weighted by Crippen LogP contribution is -2.46. The highest BCUT2D eigenvalue weighted by atomic mass is 16.4. The number of carbonyl (C=O) groups excluding carboxylic acids is 1. The maximum Gasteiger partial charge on any atom is 0.394 e. The summed E-state index contributed by atoms with van der Waals surface area (Å²) in [5.41, 5.74) is 0. The Morgan fingerprint density at radius 1 is 1.46 bits per heavy atom. The lowest BCUT2D eigenvalue weighted by atomic mass is 10.00. The van der Waals surface area contributed by atoms with E-state index in [1.165, 1.54) is 4.90 Å². The van der Waals surface area contributed by atoms with Gasteiger partial charge in [0.25, 0.3) is 0 Å². The number of hydrogen-bond donors (Lipinski definition) is 1. The van der Waals surface area contributed by atoms with Crippen LogP contribution in [0.15, 0.2) is 0 Å². The fourth-order valence-electron chi connectivity index (χ4n) is 1.82. The van der Waals surface area contributed by atoms with Crippen LogP contribution in [0.25, 0.3) is 0 Å². The van der Waals surface area contributed by atoms with Gasteiger partial charge in [0.05, 0.1) is 0 Å². The van der Waals surface area contributed by atoms with Crippen LogP contribution < -0.4 is 0 Å². The summed E-state index contributed by atoms with van der Waals surface area (Å²) in [7, 11) is 0. The quantitative estimate of drug-likeness (QED) is 0.616.